The van der Waals surface area contributed by atoms with E-state index in [2.05, 4.69) is 22.6 Å². The molecule has 5 rings (SSSR count). The molecule has 8 nitrogen and oxygen atoms in total. The zero-order valence-corrected chi connectivity index (χ0v) is 26.6. The molecule has 3 aromatic carbocycles. The van der Waals surface area contributed by atoms with E-state index >= 15 is 4.11 Å². The van der Waals surface area contributed by atoms with Crippen LogP contribution in [0.5, 0.6) is 0 Å². The van der Waals surface area contributed by atoms with Crippen molar-refractivity contribution in [2.45, 2.75) is 69.5 Å². The Bertz CT molecular complexity index is 1510. The van der Waals surface area contributed by atoms with Crippen LogP contribution in [0.3, 0.4) is 0 Å². The third kappa shape index (κ3) is 7.61. The summed E-state index contributed by atoms with van der Waals surface area (Å²) in [5.74, 6) is -0.322. The summed E-state index contributed by atoms with van der Waals surface area (Å²) in [7, 11) is -3.01. The highest BCUT2D eigenvalue weighted by Gasteiger charge is 2.50. The molecular weight excluding hydrogens is 573 g/mol. The monoisotopic (exact) mass is 615 g/mol. The van der Waals surface area contributed by atoms with Crippen LogP contribution in [0.1, 0.15) is 52.9 Å². The number of aryl methyl sites for hydroxylation is 2. The zero-order chi connectivity index (χ0) is 31.3. The van der Waals surface area contributed by atoms with Gasteiger partial charge in [-0.15, -0.1) is 5.10 Å². The molecule has 1 aliphatic rings. The number of nitrogens with two attached hydrogens (primary N) is 1. The molecule has 44 heavy (non-hydrogen) atoms. The highest BCUT2D eigenvalue weighted by Crippen LogP contribution is 2.47. The molecule has 4 aromatic rings. The van der Waals surface area contributed by atoms with E-state index in [1.165, 1.54) is 0 Å². The minimum atomic E-state index is -3.01. The molecular formula is C34H42FN5O3Si. The predicted octanol–water partition coefficient (Wildman–Crippen LogP) is 6.21. The van der Waals surface area contributed by atoms with Crippen LogP contribution in [-0.4, -0.2) is 53.2 Å². The summed E-state index contributed by atoms with van der Waals surface area (Å²) in [4.78, 5) is 12.5. The van der Waals surface area contributed by atoms with Crippen LogP contribution in [0.2, 0.25) is 18.6 Å². The van der Waals surface area contributed by atoms with Gasteiger partial charge in [0.25, 0.3) is 5.91 Å². The van der Waals surface area contributed by atoms with Gasteiger partial charge in [-0.1, -0.05) is 54.6 Å². The first-order valence-electron chi connectivity index (χ1n) is 15.3. The molecule has 1 saturated heterocycles. The average molecular weight is 616 g/mol. The van der Waals surface area contributed by atoms with Gasteiger partial charge in [-0.3, -0.25) is 9.48 Å². The lowest BCUT2D eigenvalue weighted by molar-refractivity contribution is 0.0247. The molecule has 1 aliphatic heterocycles. The Hall–Kier alpha value is -3.86. The van der Waals surface area contributed by atoms with E-state index < -0.39 is 8.41 Å². The van der Waals surface area contributed by atoms with Gasteiger partial charge in [0, 0.05) is 35.2 Å². The Morgan fingerprint density at radius 1 is 1.05 bits per heavy atom. The van der Waals surface area contributed by atoms with Crippen LogP contribution >= 0.6 is 0 Å². The lowest BCUT2D eigenvalue weighted by atomic mass is 9.95. The number of rotatable bonds is 12. The topological polar surface area (TPSA) is 115 Å². The summed E-state index contributed by atoms with van der Waals surface area (Å²) < 4.78 is 24.0. The first-order chi connectivity index (χ1) is 21.1. The molecule has 1 aromatic heterocycles. The van der Waals surface area contributed by atoms with E-state index in [4.69, 9.17) is 10.5 Å². The maximum Gasteiger partial charge on any atom is 0.255 e. The first kappa shape index (κ1) is 31.6. The minimum absolute atomic E-state index is 0.0411. The number of halogens is 1. The standard InChI is InChI=1S/C34H42FN5O3Si/c1-23-31(18-11-24-9-16-28(17-10-24)37-34(42)26-12-14-27(36)15-13-26)43-32(33(23)44(2,3)35)19-20-40-21-30(38-39-40)29(22-41)25-7-5-4-6-8-25/h4-10,12-17,21,23,29,31-33,41H,11,18-20,22,36H2,1-3H3,(H,37,42)/t23-,29?,31+,32-,33+/m0/s1. The quantitative estimate of drug-likeness (QED) is 0.0992. The molecule has 5 atom stereocenters. The Morgan fingerprint density at radius 3 is 2.41 bits per heavy atom. The molecule has 0 saturated carbocycles. The van der Waals surface area contributed by atoms with Crippen molar-refractivity contribution < 1.29 is 18.7 Å². The Kier molecular flexibility index (Phi) is 9.92. The normalized spacial score (nSPS) is 20.8. The number of nitrogen functional groups attached to an aromatic ring is 1. The summed E-state index contributed by atoms with van der Waals surface area (Å²) >= 11 is 0. The molecule has 0 aliphatic carbocycles. The number of amides is 1. The molecule has 232 valence electrons. The number of aliphatic hydroxyl groups is 1. The number of carbonyl (C=O) groups excluding carboxylic acids is 1. The van der Waals surface area contributed by atoms with Crippen molar-refractivity contribution in [2.24, 2.45) is 5.92 Å². The number of hydrogen-bond donors (Lipinski definition) is 3. The minimum Gasteiger partial charge on any atom is -0.399 e. The van der Waals surface area contributed by atoms with Crippen LogP contribution < -0.4 is 11.1 Å². The van der Waals surface area contributed by atoms with Gasteiger partial charge in [-0.25, -0.2) is 0 Å². The molecule has 10 heteroatoms. The number of benzene rings is 3. The second kappa shape index (κ2) is 13.8. The number of anilines is 2. The third-order valence-electron chi connectivity index (χ3n) is 8.74. The van der Waals surface area contributed by atoms with E-state index in [0.717, 1.165) is 29.7 Å². The van der Waals surface area contributed by atoms with E-state index in [0.29, 0.717) is 29.9 Å². The lowest BCUT2D eigenvalue weighted by Gasteiger charge is -2.28. The maximum atomic E-state index is 15.6. The van der Waals surface area contributed by atoms with Gasteiger partial charge in [0.1, 0.15) is 0 Å². The number of nitrogens with one attached hydrogen (secondary N) is 1. The zero-order valence-electron chi connectivity index (χ0n) is 25.6. The van der Waals surface area contributed by atoms with Gasteiger partial charge < -0.3 is 25.0 Å². The van der Waals surface area contributed by atoms with Gasteiger partial charge in [0.15, 0.2) is 0 Å². The van der Waals surface area contributed by atoms with Crippen LogP contribution in [0.25, 0.3) is 0 Å². The molecule has 4 N–H and O–H groups in total. The first-order valence-corrected chi connectivity index (χ1v) is 18.2. The molecule has 0 spiro atoms. The number of ether oxygens (including phenoxy) is 1. The molecule has 0 radical (unpaired) electrons. The average Bonchev–Trinajstić information content (AvgIpc) is 3.60. The third-order valence-corrected chi connectivity index (χ3v) is 11.2. The molecule has 0 bridgehead atoms. The van der Waals surface area contributed by atoms with E-state index in [1.807, 2.05) is 60.8 Å². The number of aromatic nitrogens is 3. The molecule has 1 unspecified atom stereocenters. The van der Waals surface area contributed by atoms with Crippen molar-refractivity contribution in [1.29, 1.82) is 0 Å². The molecule has 2 heterocycles. The number of hydrogen-bond acceptors (Lipinski definition) is 6. The lowest BCUT2D eigenvalue weighted by Crippen LogP contribution is -2.36. The number of carbonyl (C=O) groups is 1. The highest BCUT2D eigenvalue weighted by atomic mass is 28.4. The van der Waals surface area contributed by atoms with Crippen LogP contribution in [0, 0.1) is 5.92 Å². The van der Waals surface area contributed by atoms with Gasteiger partial charge >= 0.3 is 0 Å². The summed E-state index contributed by atoms with van der Waals surface area (Å²) in [6.45, 7) is 6.19. The molecule has 1 fully saturated rings. The van der Waals surface area contributed by atoms with Gasteiger partial charge in [-0.2, -0.15) is 0 Å². The van der Waals surface area contributed by atoms with Crippen molar-refractivity contribution in [3.05, 3.63) is 107 Å². The van der Waals surface area contributed by atoms with Gasteiger partial charge in [-0.05, 0) is 85.8 Å². The highest BCUT2D eigenvalue weighted by molar-refractivity contribution is 6.72. The fourth-order valence-electron chi connectivity index (χ4n) is 6.45. The van der Waals surface area contributed by atoms with Crippen LogP contribution in [0.15, 0.2) is 85.1 Å². The Labute approximate surface area is 259 Å². The van der Waals surface area contributed by atoms with Crippen molar-refractivity contribution >= 4 is 25.7 Å². The smallest absolute Gasteiger partial charge is 0.255 e. The van der Waals surface area contributed by atoms with E-state index in [9.17, 15) is 9.90 Å². The summed E-state index contributed by atoms with van der Waals surface area (Å²) in [6, 6.07) is 24.4. The maximum absolute atomic E-state index is 15.6. The Morgan fingerprint density at radius 2 is 1.75 bits per heavy atom. The largest absolute Gasteiger partial charge is 0.399 e. The summed E-state index contributed by atoms with van der Waals surface area (Å²) in [6.07, 6.45) is 3.87. The predicted molar refractivity (Wildman–Crippen MR) is 174 cm³/mol. The second-order valence-corrected chi connectivity index (χ2v) is 16.1. The van der Waals surface area contributed by atoms with Crippen LogP contribution in [0.4, 0.5) is 15.5 Å². The van der Waals surface area contributed by atoms with Gasteiger partial charge in [0.05, 0.1) is 30.4 Å². The number of nitrogens with zero attached hydrogens (tertiary/aromatic N) is 3. The van der Waals surface area contributed by atoms with Crippen molar-refractivity contribution in [3.8, 4) is 0 Å². The van der Waals surface area contributed by atoms with Gasteiger partial charge in [0.2, 0.25) is 8.41 Å². The fourth-order valence-corrected chi connectivity index (χ4v) is 9.04. The second-order valence-electron chi connectivity index (χ2n) is 12.3. The van der Waals surface area contributed by atoms with Crippen LogP contribution in [-0.2, 0) is 17.7 Å². The SMILES string of the molecule is C[C@@H]1[C@@H]([Si](C)(C)F)[C@H](CCn2cc(C(CO)c3ccccc3)nn2)O[C@@H]1CCc1ccc(NC(=O)c2ccc(N)cc2)cc1. The van der Waals surface area contributed by atoms with Crippen molar-refractivity contribution in [3.63, 3.8) is 0 Å². The Balaban J connectivity index is 1.17. The summed E-state index contributed by atoms with van der Waals surface area (Å²) in [5, 5.41) is 21.6. The van der Waals surface area contributed by atoms with Crippen molar-refractivity contribution in [1.82, 2.24) is 15.0 Å². The number of aliphatic hydroxyl groups excluding tert-OH is 1. The van der Waals surface area contributed by atoms with E-state index in [1.54, 1.807) is 42.0 Å². The molecule has 1 amide bonds. The summed E-state index contributed by atoms with van der Waals surface area (Å²) in [5.41, 5.74) is 10.3. The van der Waals surface area contributed by atoms with Crippen molar-refractivity contribution in [2.75, 3.05) is 17.7 Å². The van der Waals surface area contributed by atoms with E-state index in [-0.39, 0.29) is 42.1 Å². The fraction of sp³-hybridized carbons (Fsp3) is 0.382.